The van der Waals surface area contributed by atoms with Crippen molar-refractivity contribution >= 4 is 5.91 Å². The van der Waals surface area contributed by atoms with E-state index in [1.807, 2.05) is 13.8 Å². The highest BCUT2D eigenvalue weighted by Crippen LogP contribution is 2.49. The Morgan fingerprint density at radius 3 is 2.76 bits per heavy atom. The molecule has 1 amide bonds. The Balaban J connectivity index is 1.98. The van der Waals surface area contributed by atoms with Crippen LogP contribution in [0.3, 0.4) is 0 Å². The van der Waals surface area contributed by atoms with Crippen molar-refractivity contribution in [2.75, 3.05) is 6.54 Å². The van der Waals surface area contributed by atoms with E-state index in [0.29, 0.717) is 32.2 Å². The van der Waals surface area contributed by atoms with E-state index in [9.17, 15) is 20.1 Å². The molecule has 0 radical (unpaired) electrons. The molecule has 0 saturated carbocycles. The average Bonchev–Trinajstić information content (AvgIpc) is 3.02. The van der Waals surface area contributed by atoms with Gasteiger partial charge in [-0.05, 0) is 51.9 Å². The van der Waals surface area contributed by atoms with Crippen molar-refractivity contribution in [3.8, 4) is 0 Å². The summed E-state index contributed by atoms with van der Waals surface area (Å²) < 4.78 is 6.22. The predicted octanol–water partition coefficient (Wildman–Crippen LogP) is 1.21. The van der Waals surface area contributed by atoms with Gasteiger partial charge in [-0.3, -0.25) is 4.79 Å². The maximum absolute atomic E-state index is 13.3. The number of piperidine rings is 1. The summed E-state index contributed by atoms with van der Waals surface area (Å²) >= 11 is 0. The van der Waals surface area contributed by atoms with E-state index in [4.69, 9.17) is 4.74 Å². The Bertz CT molecular complexity index is 534. The van der Waals surface area contributed by atoms with Crippen LogP contribution < -0.4 is 0 Å². The average molecular weight is 355 g/mol. The number of fused-ring (bicyclic) bond motifs is 1. The molecule has 6 nitrogen and oxygen atoms in total. The summed E-state index contributed by atoms with van der Waals surface area (Å²) in [4.78, 5) is 15.0. The molecule has 25 heavy (non-hydrogen) atoms. The van der Waals surface area contributed by atoms with Gasteiger partial charge in [0.15, 0.2) is 5.60 Å². The number of aliphatic hydroxyl groups excluding tert-OH is 1. The second-order valence-corrected chi connectivity index (χ2v) is 8.93. The fourth-order valence-corrected chi connectivity index (χ4v) is 5.31. The van der Waals surface area contributed by atoms with Gasteiger partial charge in [0, 0.05) is 6.54 Å². The Hall–Kier alpha value is -0.690. The molecule has 3 heterocycles. The quantitative estimate of drug-likeness (QED) is 0.708. The fourth-order valence-electron chi connectivity index (χ4n) is 5.31. The summed E-state index contributed by atoms with van der Waals surface area (Å²) in [6.07, 6.45) is 2.05. The lowest BCUT2D eigenvalue weighted by molar-refractivity contribution is -0.282. The van der Waals surface area contributed by atoms with E-state index < -0.39 is 29.0 Å². The van der Waals surface area contributed by atoms with E-state index in [-0.39, 0.29) is 17.9 Å². The molecule has 3 rings (SSSR count). The van der Waals surface area contributed by atoms with Gasteiger partial charge < -0.3 is 25.0 Å². The SMILES string of the molecule is CCCC(C)(O)[C@@H]1C[C@@H](C)C[C@@]2(O1)C(=O)N1CCC[C@H]1[C@@](C)(O)[C@@H]2O. The van der Waals surface area contributed by atoms with Crippen LogP contribution in [0, 0.1) is 5.92 Å². The minimum atomic E-state index is -1.47. The number of hydrogen-bond acceptors (Lipinski definition) is 5. The minimum absolute atomic E-state index is 0.107. The second kappa shape index (κ2) is 6.19. The summed E-state index contributed by atoms with van der Waals surface area (Å²) in [6, 6.07) is -0.365. The summed E-state index contributed by atoms with van der Waals surface area (Å²) in [5, 5.41) is 33.0. The number of rotatable bonds is 3. The molecule has 3 saturated heterocycles. The smallest absolute Gasteiger partial charge is 0.258 e. The molecule has 3 N–H and O–H groups in total. The Morgan fingerprint density at radius 2 is 2.12 bits per heavy atom. The van der Waals surface area contributed by atoms with E-state index in [1.165, 1.54) is 0 Å². The van der Waals surface area contributed by atoms with Crippen molar-refractivity contribution < 1.29 is 24.9 Å². The number of amides is 1. The molecule has 0 aromatic heterocycles. The molecule has 3 fully saturated rings. The van der Waals surface area contributed by atoms with Crippen LogP contribution in [0.15, 0.2) is 0 Å². The molecular weight excluding hydrogens is 322 g/mol. The predicted molar refractivity (Wildman–Crippen MR) is 92.9 cm³/mol. The van der Waals surface area contributed by atoms with Gasteiger partial charge >= 0.3 is 0 Å². The Morgan fingerprint density at radius 1 is 1.44 bits per heavy atom. The number of carbonyl (C=O) groups is 1. The van der Waals surface area contributed by atoms with Gasteiger partial charge in [-0.15, -0.1) is 0 Å². The first-order valence-electron chi connectivity index (χ1n) is 9.68. The van der Waals surface area contributed by atoms with Crippen LogP contribution in [-0.4, -0.2) is 67.7 Å². The molecule has 1 spiro atoms. The number of ether oxygens (including phenoxy) is 1. The van der Waals surface area contributed by atoms with Gasteiger partial charge in [0.2, 0.25) is 0 Å². The minimum Gasteiger partial charge on any atom is -0.387 e. The third-order valence-corrected chi connectivity index (χ3v) is 6.62. The molecule has 1 unspecified atom stereocenters. The Kier molecular flexibility index (Phi) is 4.72. The van der Waals surface area contributed by atoms with Crippen molar-refractivity contribution in [1.82, 2.24) is 4.90 Å². The van der Waals surface area contributed by atoms with Gasteiger partial charge in [-0.2, -0.15) is 0 Å². The zero-order valence-corrected chi connectivity index (χ0v) is 15.9. The Labute approximate surface area is 150 Å². The van der Waals surface area contributed by atoms with Gasteiger partial charge in [0.1, 0.15) is 11.7 Å². The highest BCUT2D eigenvalue weighted by molar-refractivity contribution is 5.88. The molecule has 3 aliphatic rings. The van der Waals surface area contributed by atoms with Crippen LogP contribution >= 0.6 is 0 Å². The van der Waals surface area contributed by atoms with E-state index >= 15 is 0 Å². The fraction of sp³-hybridized carbons (Fsp3) is 0.947. The molecule has 0 aliphatic carbocycles. The highest BCUT2D eigenvalue weighted by Gasteiger charge is 2.67. The van der Waals surface area contributed by atoms with Gasteiger partial charge in [0.05, 0.1) is 17.7 Å². The van der Waals surface area contributed by atoms with Gasteiger partial charge in [-0.1, -0.05) is 20.3 Å². The molecule has 6 heteroatoms. The summed E-state index contributed by atoms with van der Waals surface area (Å²) in [6.45, 7) is 7.95. The van der Waals surface area contributed by atoms with E-state index in [0.717, 1.165) is 12.8 Å². The second-order valence-electron chi connectivity index (χ2n) is 8.93. The number of carbonyl (C=O) groups excluding carboxylic acids is 1. The first-order valence-corrected chi connectivity index (χ1v) is 9.68. The van der Waals surface area contributed by atoms with E-state index in [2.05, 4.69) is 0 Å². The summed E-state index contributed by atoms with van der Waals surface area (Å²) in [7, 11) is 0. The molecule has 3 aliphatic heterocycles. The highest BCUT2D eigenvalue weighted by atomic mass is 16.5. The topological polar surface area (TPSA) is 90.2 Å². The summed E-state index contributed by atoms with van der Waals surface area (Å²) in [5.74, 6) is -0.117. The third kappa shape index (κ3) is 2.82. The van der Waals surface area contributed by atoms with E-state index in [1.54, 1.807) is 18.7 Å². The largest absolute Gasteiger partial charge is 0.387 e. The van der Waals surface area contributed by atoms with Crippen LogP contribution in [0.25, 0.3) is 0 Å². The van der Waals surface area contributed by atoms with Gasteiger partial charge in [0.25, 0.3) is 5.91 Å². The lowest BCUT2D eigenvalue weighted by Gasteiger charge is -2.57. The van der Waals surface area contributed by atoms with Crippen LogP contribution in [0.4, 0.5) is 0 Å². The number of hydrogen-bond donors (Lipinski definition) is 3. The first-order chi connectivity index (χ1) is 11.6. The summed E-state index contributed by atoms with van der Waals surface area (Å²) in [5.41, 5.74) is -3.95. The maximum Gasteiger partial charge on any atom is 0.258 e. The molecule has 144 valence electrons. The van der Waals surface area contributed by atoms with Crippen molar-refractivity contribution in [1.29, 1.82) is 0 Å². The lowest BCUT2D eigenvalue weighted by Crippen LogP contribution is -2.77. The zero-order chi connectivity index (χ0) is 18.6. The van der Waals surface area contributed by atoms with Crippen molar-refractivity contribution in [2.24, 2.45) is 5.92 Å². The van der Waals surface area contributed by atoms with Crippen LogP contribution in [0.2, 0.25) is 0 Å². The van der Waals surface area contributed by atoms with Crippen LogP contribution in [0.1, 0.15) is 66.2 Å². The van der Waals surface area contributed by atoms with Gasteiger partial charge in [-0.25, -0.2) is 0 Å². The monoisotopic (exact) mass is 355 g/mol. The third-order valence-electron chi connectivity index (χ3n) is 6.62. The molecule has 7 atom stereocenters. The van der Waals surface area contributed by atoms with Crippen molar-refractivity contribution in [3.05, 3.63) is 0 Å². The van der Waals surface area contributed by atoms with Crippen molar-refractivity contribution in [2.45, 2.75) is 101 Å². The van der Waals surface area contributed by atoms with Crippen molar-refractivity contribution in [3.63, 3.8) is 0 Å². The number of nitrogens with zero attached hydrogens (tertiary/aromatic N) is 1. The number of aliphatic hydroxyl groups is 3. The lowest BCUT2D eigenvalue weighted by atomic mass is 9.68. The molecule has 0 bridgehead atoms. The van der Waals surface area contributed by atoms with Crippen LogP contribution in [0.5, 0.6) is 0 Å². The molecule has 0 aromatic rings. The standard InChI is InChI=1S/C19H33NO5/c1-5-8-17(3,23)14-10-12(2)11-19(25-14)15(21)18(4,24)13-7-6-9-20(13)16(19)22/h12-15,21,23-24H,5-11H2,1-4H3/t12-,13+,14+,15+,17?,18-,19+/m1/s1. The van der Waals surface area contributed by atoms with Crippen LogP contribution in [-0.2, 0) is 9.53 Å². The zero-order valence-electron chi connectivity index (χ0n) is 15.9. The maximum atomic E-state index is 13.3. The first kappa shape index (κ1) is 19.1. The molecule has 0 aromatic carbocycles. The molecular formula is C19H33NO5. The normalized spacial score (nSPS) is 47.0.